The van der Waals surface area contributed by atoms with Crippen molar-refractivity contribution in [3.05, 3.63) is 64.8 Å². The summed E-state index contributed by atoms with van der Waals surface area (Å²) in [4.78, 5) is 12.9. The molecule has 0 aliphatic carbocycles. The lowest BCUT2D eigenvalue weighted by atomic mass is 10.0. The van der Waals surface area contributed by atoms with Crippen LogP contribution in [0.5, 0.6) is 0 Å². The number of hydrogen-bond donors (Lipinski definition) is 1. The first kappa shape index (κ1) is 16.3. The van der Waals surface area contributed by atoms with E-state index in [1.165, 1.54) is 17.7 Å². The zero-order valence-electron chi connectivity index (χ0n) is 13.3. The van der Waals surface area contributed by atoms with Gasteiger partial charge >= 0.3 is 0 Å². The molecule has 0 bridgehead atoms. The molecule has 6 heteroatoms. The van der Waals surface area contributed by atoms with E-state index >= 15 is 0 Å². The van der Waals surface area contributed by atoms with Gasteiger partial charge in [0.25, 0.3) is 5.91 Å². The summed E-state index contributed by atoms with van der Waals surface area (Å²) in [6.07, 6.45) is 0. The fourth-order valence-electron chi connectivity index (χ4n) is 2.28. The van der Waals surface area contributed by atoms with Crippen LogP contribution in [-0.4, -0.2) is 15.5 Å². The maximum atomic E-state index is 13.1. The molecule has 0 radical (unpaired) electrons. The molecule has 24 heavy (non-hydrogen) atoms. The molecule has 0 saturated heterocycles. The average molecular weight is 341 g/mol. The molecule has 122 valence electrons. The number of anilines is 1. The van der Waals surface area contributed by atoms with Crippen molar-refractivity contribution in [3.63, 3.8) is 0 Å². The topological polar surface area (TPSA) is 54.9 Å². The Morgan fingerprint density at radius 3 is 2.38 bits per heavy atom. The van der Waals surface area contributed by atoms with Crippen molar-refractivity contribution in [1.82, 2.24) is 9.59 Å². The van der Waals surface area contributed by atoms with Crippen molar-refractivity contribution in [2.45, 2.75) is 19.8 Å². The summed E-state index contributed by atoms with van der Waals surface area (Å²) in [6.45, 7) is 4.23. The minimum atomic E-state index is -0.335. The quantitative estimate of drug-likeness (QED) is 0.747. The molecule has 1 aromatic heterocycles. The van der Waals surface area contributed by atoms with Gasteiger partial charge in [-0.25, -0.2) is 4.39 Å². The minimum Gasteiger partial charge on any atom is -0.321 e. The molecule has 3 rings (SSSR count). The first-order chi connectivity index (χ1) is 11.5. The van der Waals surface area contributed by atoms with Gasteiger partial charge in [0.2, 0.25) is 0 Å². The normalized spacial score (nSPS) is 10.8. The van der Waals surface area contributed by atoms with Gasteiger partial charge in [0.05, 0.1) is 0 Å². The predicted octanol–water partition coefficient (Wildman–Crippen LogP) is 4.72. The van der Waals surface area contributed by atoms with Gasteiger partial charge in [-0.05, 0) is 59.4 Å². The van der Waals surface area contributed by atoms with E-state index in [-0.39, 0.29) is 11.7 Å². The van der Waals surface area contributed by atoms with Crippen LogP contribution in [-0.2, 0) is 0 Å². The van der Waals surface area contributed by atoms with Crippen LogP contribution in [0.3, 0.4) is 0 Å². The highest BCUT2D eigenvalue weighted by atomic mass is 32.1. The summed E-state index contributed by atoms with van der Waals surface area (Å²) in [5, 5.41) is 6.85. The first-order valence-corrected chi connectivity index (χ1v) is 8.31. The fraction of sp³-hybridized carbons (Fsp3) is 0.167. The van der Waals surface area contributed by atoms with Crippen LogP contribution in [0, 0.1) is 5.82 Å². The minimum absolute atomic E-state index is 0.276. The summed E-state index contributed by atoms with van der Waals surface area (Å²) in [5.41, 5.74) is 3.03. The van der Waals surface area contributed by atoms with Gasteiger partial charge in [-0.1, -0.05) is 30.5 Å². The summed E-state index contributed by atoms with van der Waals surface area (Å²) < 4.78 is 16.9. The lowest BCUT2D eigenvalue weighted by Crippen LogP contribution is -2.11. The van der Waals surface area contributed by atoms with Gasteiger partial charge in [-0.15, -0.1) is 5.10 Å². The van der Waals surface area contributed by atoms with E-state index in [2.05, 4.69) is 28.8 Å². The van der Waals surface area contributed by atoms with Crippen molar-refractivity contribution < 1.29 is 9.18 Å². The molecule has 1 amide bonds. The van der Waals surface area contributed by atoms with Gasteiger partial charge < -0.3 is 5.32 Å². The average Bonchev–Trinajstić information content (AvgIpc) is 3.06. The number of aromatic nitrogens is 2. The van der Waals surface area contributed by atoms with E-state index in [0.29, 0.717) is 27.7 Å². The third-order valence-electron chi connectivity index (χ3n) is 3.65. The van der Waals surface area contributed by atoms with Crippen LogP contribution in [0.4, 0.5) is 10.1 Å². The van der Waals surface area contributed by atoms with E-state index in [1.54, 1.807) is 12.1 Å². The van der Waals surface area contributed by atoms with Crippen LogP contribution in [0.2, 0.25) is 0 Å². The second-order valence-electron chi connectivity index (χ2n) is 5.69. The summed E-state index contributed by atoms with van der Waals surface area (Å²) in [6, 6.07) is 13.6. The molecule has 0 spiro atoms. The molecule has 4 nitrogen and oxygen atoms in total. The number of rotatable bonds is 4. The lowest BCUT2D eigenvalue weighted by molar-refractivity contribution is 0.103. The lowest BCUT2D eigenvalue weighted by Gasteiger charge is -2.08. The third-order valence-corrected chi connectivity index (χ3v) is 4.37. The number of hydrogen-bond acceptors (Lipinski definition) is 4. The maximum absolute atomic E-state index is 13.1. The van der Waals surface area contributed by atoms with Crippen LogP contribution in [0.15, 0.2) is 48.5 Å². The monoisotopic (exact) mass is 341 g/mol. The van der Waals surface area contributed by atoms with Gasteiger partial charge in [0, 0.05) is 11.3 Å². The molecule has 1 N–H and O–H groups in total. The van der Waals surface area contributed by atoms with Crippen LogP contribution in [0.25, 0.3) is 11.3 Å². The second-order valence-corrected chi connectivity index (χ2v) is 6.44. The number of amides is 1. The van der Waals surface area contributed by atoms with E-state index in [9.17, 15) is 9.18 Å². The van der Waals surface area contributed by atoms with Gasteiger partial charge in [-0.2, -0.15) is 0 Å². The smallest absolute Gasteiger partial charge is 0.269 e. The Labute approximate surface area is 143 Å². The molecule has 3 aromatic rings. The largest absolute Gasteiger partial charge is 0.321 e. The summed E-state index contributed by atoms with van der Waals surface area (Å²) >= 11 is 1.02. The standard InChI is InChI=1S/C18H16FN3OS/c1-11(2)12-5-9-15(10-6-12)20-18(23)17-16(21-22-24-17)13-3-7-14(19)8-4-13/h3-11H,1-2H3,(H,20,23). The van der Waals surface area contributed by atoms with Gasteiger partial charge in [-0.3, -0.25) is 4.79 Å². The highest BCUT2D eigenvalue weighted by Crippen LogP contribution is 2.25. The van der Waals surface area contributed by atoms with Crippen LogP contribution in [0.1, 0.15) is 35.0 Å². The first-order valence-electron chi connectivity index (χ1n) is 7.54. The number of nitrogens with zero attached hydrogens (tertiary/aromatic N) is 2. The molecule has 0 fully saturated rings. The molecule has 2 aromatic carbocycles. The number of carbonyl (C=O) groups excluding carboxylic acids is 1. The van der Waals surface area contributed by atoms with E-state index < -0.39 is 0 Å². The highest BCUT2D eigenvalue weighted by molar-refractivity contribution is 7.08. The summed E-state index contributed by atoms with van der Waals surface area (Å²) in [5.74, 6) is -0.176. The Morgan fingerprint density at radius 2 is 1.75 bits per heavy atom. The van der Waals surface area contributed by atoms with Crippen molar-refractivity contribution in [2.75, 3.05) is 5.32 Å². The number of carbonyl (C=O) groups is 1. The number of benzene rings is 2. The van der Waals surface area contributed by atoms with Gasteiger partial charge in [0.15, 0.2) is 0 Å². The van der Waals surface area contributed by atoms with E-state index in [1.807, 2.05) is 24.3 Å². The maximum Gasteiger partial charge on any atom is 0.269 e. The van der Waals surface area contributed by atoms with Crippen LogP contribution >= 0.6 is 11.5 Å². The third kappa shape index (κ3) is 3.49. The Bertz CT molecular complexity index is 841. The molecular weight excluding hydrogens is 325 g/mol. The molecule has 1 heterocycles. The fourth-order valence-corrected chi connectivity index (χ4v) is 2.86. The number of halogens is 1. The predicted molar refractivity (Wildman–Crippen MR) is 93.8 cm³/mol. The SMILES string of the molecule is CC(C)c1ccc(NC(=O)c2snnc2-c2ccc(F)cc2)cc1. The molecule has 0 unspecified atom stereocenters. The van der Waals surface area contributed by atoms with Crippen molar-refractivity contribution in [3.8, 4) is 11.3 Å². The number of nitrogens with one attached hydrogen (secondary N) is 1. The molecular formula is C18H16FN3OS. The molecule has 0 atom stereocenters. The molecule has 0 aliphatic rings. The zero-order chi connectivity index (χ0) is 17.1. The van der Waals surface area contributed by atoms with E-state index in [0.717, 1.165) is 11.5 Å². The van der Waals surface area contributed by atoms with E-state index in [4.69, 9.17) is 0 Å². The van der Waals surface area contributed by atoms with Crippen LogP contribution < -0.4 is 5.32 Å². The Hall–Kier alpha value is -2.60. The van der Waals surface area contributed by atoms with Crippen molar-refractivity contribution in [1.29, 1.82) is 0 Å². The second kappa shape index (κ2) is 6.88. The molecule has 0 aliphatic heterocycles. The van der Waals surface area contributed by atoms with Crippen molar-refractivity contribution in [2.24, 2.45) is 0 Å². The summed E-state index contributed by atoms with van der Waals surface area (Å²) in [7, 11) is 0. The molecule has 0 saturated carbocycles. The Morgan fingerprint density at radius 1 is 1.08 bits per heavy atom. The zero-order valence-corrected chi connectivity index (χ0v) is 14.1. The highest BCUT2D eigenvalue weighted by Gasteiger charge is 2.18. The Balaban J connectivity index is 1.81. The Kier molecular flexibility index (Phi) is 4.66. The van der Waals surface area contributed by atoms with Crippen molar-refractivity contribution >= 4 is 23.1 Å². The van der Waals surface area contributed by atoms with Gasteiger partial charge in [0.1, 0.15) is 16.4 Å².